The summed E-state index contributed by atoms with van der Waals surface area (Å²) >= 11 is 0. The van der Waals surface area contributed by atoms with Crippen LogP contribution in [0.1, 0.15) is 29.6 Å². The van der Waals surface area contributed by atoms with Gasteiger partial charge in [0.25, 0.3) is 5.91 Å². The second kappa shape index (κ2) is 6.17. The van der Waals surface area contributed by atoms with E-state index in [1.54, 1.807) is 25.4 Å². The van der Waals surface area contributed by atoms with Crippen molar-refractivity contribution in [2.75, 3.05) is 18.9 Å². The number of hydrogen-bond acceptors (Lipinski definition) is 4. The van der Waals surface area contributed by atoms with Gasteiger partial charge >= 0.3 is 0 Å². The van der Waals surface area contributed by atoms with Crippen LogP contribution in [0.2, 0.25) is 0 Å². The molecule has 0 spiro atoms. The molecule has 2 amide bonds. The molecule has 1 fully saturated rings. The number of carbonyl (C=O) groups excluding carboxylic acids is 2. The molecule has 6 heteroatoms. The molecule has 1 unspecified atom stereocenters. The average molecular weight is 262 g/mol. The summed E-state index contributed by atoms with van der Waals surface area (Å²) in [7, 11) is 1.78. The fourth-order valence-electron chi connectivity index (χ4n) is 2.01. The van der Waals surface area contributed by atoms with Crippen LogP contribution in [-0.4, -0.2) is 36.4 Å². The Kier molecular flexibility index (Phi) is 4.33. The van der Waals surface area contributed by atoms with E-state index in [2.05, 4.69) is 20.9 Å². The molecule has 1 aromatic heterocycles. The predicted octanol–water partition coefficient (Wildman–Crippen LogP) is 0.522. The van der Waals surface area contributed by atoms with Crippen LogP contribution in [0.5, 0.6) is 0 Å². The zero-order valence-electron chi connectivity index (χ0n) is 10.9. The average Bonchev–Trinajstić information content (AvgIpc) is 2.64. The Morgan fingerprint density at radius 1 is 1.42 bits per heavy atom. The van der Waals surface area contributed by atoms with Gasteiger partial charge in [-0.2, -0.15) is 0 Å². The van der Waals surface area contributed by atoms with Gasteiger partial charge in [-0.05, 0) is 25.0 Å². The summed E-state index contributed by atoms with van der Waals surface area (Å²) in [5.74, 6) is 0.632. The van der Waals surface area contributed by atoms with Crippen molar-refractivity contribution >= 4 is 17.6 Å². The zero-order valence-corrected chi connectivity index (χ0v) is 10.9. The summed E-state index contributed by atoms with van der Waals surface area (Å²) < 4.78 is 0. The highest BCUT2D eigenvalue weighted by Crippen LogP contribution is 2.08. The smallest absolute Gasteiger partial charge is 0.253 e. The molecule has 2 rings (SSSR count). The van der Waals surface area contributed by atoms with E-state index in [-0.39, 0.29) is 17.9 Å². The maximum atomic E-state index is 12.0. The summed E-state index contributed by atoms with van der Waals surface area (Å²) in [5.41, 5.74) is 0.530. The quantitative estimate of drug-likeness (QED) is 0.741. The standard InChI is InChI=1S/C13H18N4O2/c1-14-11-4-2-9(8-16-11)13(19)17-10-3-5-12(18)15-7-6-10/h2,4,8,10H,3,5-7H2,1H3,(H,14,16)(H,15,18)(H,17,19). The number of carbonyl (C=O) groups is 2. The number of aromatic nitrogens is 1. The minimum atomic E-state index is -0.144. The van der Waals surface area contributed by atoms with Crippen LogP contribution in [0.4, 0.5) is 5.82 Å². The molecule has 0 aromatic carbocycles. The lowest BCUT2D eigenvalue weighted by molar-refractivity contribution is -0.120. The lowest BCUT2D eigenvalue weighted by Crippen LogP contribution is -2.35. The normalized spacial score (nSPS) is 19.2. The Bertz CT molecular complexity index is 458. The van der Waals surface area contributed by atoms with Gasteiger partial charge in [-0.25, -0.2) is 4.98 Å². The van der Waals surface area contributed by atoms with Crippen molar-refractivity contribution in [3.8, 4) is 0 Å². The third-order valence-corrected chi connectivity index (χ3v) is 3.15. The van der Waals surface area contributed by atoms with E-state index in [0.29, 0.717) is 24.9 Å². The summed E-state index contributed by atoms with van der Waals surface area (Å²) in [5, 5.41) is 8.63. The Morgan fingerprint density at radius 2 is 2.26 bits per heavy atom. The maximum absolute atomic E-state index is 12.0. The first kappa shape index (κ1) is 13.3. The Morgan fingerprint density at radius 3 is 2.95 bits per heavy atom. The summed E-state index contributed by atoms with van der Waals surface area (Å²) in [6, 6.07) is 3.52. The second-order valence-electron chi connectivity index (χ2n) is 4.53. The Labute approximate surface area is 112 Å². The van der Waals surface area contributed by atoms with Gasteiger partial charge in [-0.15, -0.1) is 0 Å². The van der Waals surface area contributed by atoms with Crippen LogP contribution >= 0.6 is 0 Å². The molecule has 6 nitrogen and oxygen atoms in total. The highest BCUT2D eigenvalue weighted by atomic mass is 16.2. The third-order valence-electron chi connectivity index (χ3n) is 3.15. The molecule has 0 radical (unpaired) electrons. The van der Waals surface area contributed by atoms with E-state index in [9.17, 15) is 9.59 Å². The monoisotopic (exact) mass is 262 g/mol. The fourth-order valence-corrected chi connectivity index (χ4v) is 2.01. The van der Waals surface area contributed by atoms with Crippen molar-refractivity contribution in [1.82, 2.24) is 15.6 Å². The minimum absolute atomic E-state index is 0.0374. The molecule has 1 aliphatic heterocycles. The Balaban J connectivity index is 1.94. The van der Waals surface area contributed by atoms with Crippen LogP contribution < -0.4 is 16.0 Å². The van der Waals surface area contributed by atoms with Crippen molar-refractivity contribution < 1.29 is 9.59 Å². The minimum Gasteiger partial charge on any atom is -0.373 e. The molecule has 19 heavy (non-hydrogen) atoms. The zero-order chi connectivity index (χ0) is 13.7. The van der Waals surface area contributed by atoms with Gasteiger partial charge < -0.3 is 16.0 Å². The van der Waals surface area contributed by atoms with E-state index in [4.69, 9.17) is 0 Å². The van der Waals surface area contributed by atoms with Gasteiger partial charge in [-0.3, -0.25) is 9.59 Å². The number of anilines is 1. The molecule has 2 heterocycles. The number of amides is 2. The van der Waals surface area contributed by atoms with Gasteiger partial charge in [0.1, 0.15) is 5.82 Å². The predicted molar refractivity (Wildman–Crippen MR) is 71.9 cm³/mol. The summed E-state index contributed by atoms with van der Waals surface area (Å²) in [4.78, 5) is 27.3. The molecular weight excluding hydrogens is 244 g/mol. The first-order chi connectivity index (χ1) is 9.19. The van der Waals surface area contributed by atoms with E-state index >= 15 is 0 Å². The SMILES string of the molecule is CNc1ccc(C(=O)NC2CCNC(=O)CC2)cn1. The molecule has 3 N–H and O–H groups in total. The van der Waals surface area contributed by atoms with Gasteiger partial charge in [0, 0.05) is 32.3 Å². The molecule has 102 valence electrons. The first-order valence-electron chi connectivity index (χ1n) is 6.40. The van der Waals surface area contributed by atoms with Crippen molar-refractivity contribution in [2.24, 2.45) is 0 Å². The van der Waals surface area contributed by atoms with Crippen molar-refractivity contribution in [1.29, 1.82) is 0 Å². The second-order valence-corrected chi connectivity index (χ2v) is 4.53. The third kappa shape index (κ3) is 3.67. The van der Waals surface area contributed by atoms with Gasteiger partial charge in [0.15, 0.2) is 0 Å². The molecular formula is C13H18N4O2. The van der Waals surface area contributed by atoms with Crippen molar-refractivity contribution in [3.05, 3.63) is 23.9 Å². The highest BCUT2D eigenvalue weighted by molar-refractivity contribution is 5.94. The molecule has 0 aliphatic carbocycles. The first-order valence-corrected chi connectivity index (χ1v) is 6.40. The van der Waals surface area contributed by atoms with Crippen LogP contribution in [0.15, 0.2) is 18.3 Å². The number of nitrogens with one attached hydrogen (secondary N) is 3. The molecule has 1 aliphatic rings. The maximum Gasteiger partial charge on any atom is 0.253 e. The number of hydrogen-bond donors (Lipinski definition) is 3. The van der Waals surface area contributed by atoms with Gasteiger partial charge in [0.2, 0.25) is 5.91 Å². The lowest BCUT2D eigenvalue weighted by Gasteiger charge is -2.15. The molecule has 0 saturated carbocycles. The summed E-state index contributed by atoms with van der Waals surface area (Å²) in [6.45, 7) is 0.612. The fraction of sp³-hybridized carbons (Fsp3) is 0.462. The lowest BCUT2D eigenvalue weighted by atomic mass is 10.1. The van der Waals surface area contributed by atoms with Gasteiger partial charge in [0.05, 0.1) is 5.56 Å². The van der Waals surface area contributed by atoms with Crippen LogP contribution in [0, 0.1) is 0 Å². The van der Waals surface area contributed by atoms with Gasteiger partial charge in [-0.1, -0.05) is 0 Å². The van der Waals surface area contributed by atoms with E-state index in [0.717, 1.165) is 12.2 Å². The topological polar surface area (TPSA) is 83.1 Å². The van der Waals surface area contributed by atoms with Crippen molar-refractivity contribution in [2.45, 2.75) is 25.3 Å². The number of nitrogens with zero attached hydrogens (tertiary/aromatic N) is 1. The molecule has 1 saturated heterocycles. The highest BCUT2D eigenvalue weighted by Gasteiger charge is 2.18. The molecule has 1 atom stereocenters. The van der Waals surface area contributed by atoms with Crippen LogP contribution in [0.25, 0.3) is 0 Å². The van der Waals surface area contributed by atoms with E-state index in [1.807, 2.05) is 0 Å². The molecule has 1 aromatic rings. The van der Waals surface area contributed by atoms with Crippen LogP contribution in [0.3, 0.4) is 0 Å². The molecule has 0 bridgehead atoms. The number of rotatable bonds is 3. The van der Waals surface area contributed by atoms with Crippen molar-refractivity contribution in [3.63, 3.8) is 0 Å². The number of pyridine rings is 1. The van der Waals surface area contributed by atoms with Crippen LogP contribution in [-0.2, 0) is 4.79 Å². The van der Waals surface area contributed by atoms with E-state index in [1.165, 1.54) is 0 Å². The Hall–Kier alpha value is -2.11. The summed E-state index contributed by atoms with van der Waals surface area (Å²) in [6.07, 6.45) is 3.45. The largest absolute Gasteiger partial charge is 0.373 e. The van der Waals surface area contributed by atoms with E-state index < -0.39 is 0 Å².